The molecule has 3 rings (SSSR count). The molecule has 0 saturated heterocycles. The van der Waals surface area contributed by atoms with Crippen molar-refractivity contribution >= 4 is 15.9 Å². The van der Waals surface area contributed by atoms with Gasteiger partial charge in [-0.25, -0.2) is 4.68 Å². The van der Waals surface area contributed by atoms with E-state index in [4.69, 9.17) is 9.47 Å². The van der Waals surface area contributed by atoms with E-state index < -0.39 is 0 Å². The van der Waals surface area contributed by atoms with Crippen molar-refractivity contribution in [3.8, 4) is 11.5 Å². The van der Waals surface area contributed by atoms with Crippen LogP contribution in [-0.2, 0) is 13.1 Å². The first-order valence-corrected chi connectivity index (χ1v) is 7.17. The lowest BCUT2D eigenvalue weighted by Crippen LogP contribution is -2.16. The van der Waals surface area contributed by atoms with E-state index in [2.05, 4.69) is 31.6 Å². The van der Waals surface area contributed by atoms with Crippen LogP contribution in [0.2, 0.25) is 0 Å². The average molecular weight is 339 g/mol. The minimum Gasteiger partial charge on any atom is -0.486 e. The summed E-state index contributed by atoms with van der Waals surface area (Å²) in [6.45, 7) is 2.52. The number of fused-ring (bicyclic) bond motifs is 1. The highest BCUT2D eigenvalue weighted by atomic mass is 79.9. The first-order valence-electron chi connectivity index (χ1n) is 6.38. The monoisotopic (exact) mass is 338 g/mol. The van der Waals surface area contributed by atoms with Crippen LogP contribution < -0.4 is 14.8 Å². The lowest BCUT2D eigenvalue weighted by Gasteiger charge is -2.19. The minimum atomic E-state index is 0.587. The van der Waals surface area contributed by atoms with Crippen LogP contribution in [0.1, 0.15) is 11.3 Å². The predicted molar refractivity (Wildman–Crippen MR) is 77.0 cm³/mol. The summed E-state index contributed by atoms with van der Waals surface area (Å²) in [5.41, 5.74) is 2.00. The molecule has 7 heteroatoms. The third-order valence-corrected chi connectivity index (χ3v) is 3.73. The molecule has 0 amide bonds. The van der Waals surface area contributed by atoms with E-state index in [9.17, 15) is 0 Å². The molecule has 0 radical (unpaired) electrons. The highest BCUT2D eigenvalue weighted by molar-refractivity contribution is 9.10. The van der Waals surface area contributed by atoms with E-state index in [1.54, 1.807) is 0 Å². The van der Waals surface area contributed by atoms with Crippen LogP contribution >= 0.6 is 15.9 Å². The summed E-state index contributed by atoms with van der Waals surface area (Å²) in [6, 6.07) is 3.92. The lowest BCUT2D eigenvalue weighted by molar-refractivity contribution is 0.171. The van der Waals surface area contributed by atoms with Crippen molar-refractivity contribution in [2.45, 2.75) is 13.1 Å². The topological polar surface area (TPSA) is 61.2 Å². The molecule has 2 aromatic rings. The maximum absolute atomic E-state index is 5.60. The van der Waals surface area contributed by atoms with E-state index in [-0.39, 0.29) is 0 Å². The van der Waals surface area contributed by atoms with Gasteiger partial charge in [0.05, 0.1) is 18.4 Å². The molecular weight excluding hydrogens is 324 g/mol. The van der Waals surface area contributed by atoms with Crippen LogP contribution in [0.25, 0.3) is 0 Å². The van der Waals surface area contributed by atoms with Crippen LogP contribution in [0.4, 0.5) is 0 Å². The molecule has 0 unspecified atom stereocenters. The second-order valence-corrected chi connectivity index (χ2v) is 5.38. The molecule has 1 N–H and O–H groups in total. The predicted octanol–water partition coefficient (Wildman–Crippen LogP) is 1.58. The Hall–Kier alpha value is -1.60. The fraction of sp³-hybridized carbons (Fsp3) is 0.385. The number of benzene rings is 1. The zero-order chi connectivity index (χ0) is 13.9. The average Bonchev–Trinajstić information content (AvgIpc) is 2.87. The SMILES string of the molecule is CNCc1cn(Cc2cc3c(cc2Br)OCCO3)nn1. The Balaban J connectivity index is 1.82. The number of hydrogen-bond donors (Lipinski definition) is 1. The zero-order valence-electron chi connectivity index (χ0n) is 11.1. The minimum absolute atomic E-state index is 0.587. The van der Waals surface area contributed by atoms with Gasteiger partial charge in [0.25, 0.3) is 0 Å². The third-order valence-electron chi connectivity index (χ3n) is 2.99. The van der Waals surface area contributed by atoms with Gasteiger partial charge >= 0.3 is 0 Å². The van der Waals surface area contributed by atoms with Gasteiger partial charge in [0.15, 0.2) is 11.5 Å². The van der Waals surface area contributed by atoms with Gasteiger partial charge in [-0.05, 0) is 24.7 Å². The first-order chi connectivity index (χ1) is 9.76. The van der Waals surface area contributed by atoms with Gasteiger partial charge in [-0.3, -0.25) is 0 Å². The molecule has 0 saturated carbocycles. The highest BCUT2D eigenvalue weighted by Crippen LogP contribution is 2.35. The van der Waals surface area contributed by atoms with E-state index >= 15 is 0 Å². The molecule has 1 aromatic carbocycles. The van der Waals surface area contributed by atoms with Gasteiger partial charge in [0.1, 0.15) is 13.2 Å². The fourth-order valence-electron chi connectivity index (χ4n) is 2.08. The van der Waals surface area contributed by atoms with E-state index in [0.717, 1.165) is 27.2 Å². The van der Waals surface area contributed by atoms with Crippen molar-refractivity contribution in [3.05, 3.63) is 34.1 Å². The zero-order valence-corrected chi connectivity index (χ0v) is 12.7. The Morgan fingerprint density at radius 3 is 2.80 bits per heavy atom. The number of aromatic nitrogens is 3. The smallest absolute Gasteiger partial charge is 0.162 e. The van der Waals surface area contributed by atoms with Crippen LogP contribution in [0, 0.1) is 0 Å². The quantitative estimate of drug-likeness (QED) is 0.917. The summed E-state index contributed by atoms with van der Waals surface area (Å²) < 4.78 is 13.9. The molecule has 1 aliphatic rings. The maximum atomic E-state index is 5.60. The van der Waals surface area contributed by atoms with E-state index in [1.807, 2.05) is 30.1 Å². The Bertz CT molecular complexity index is 614. The molecule has 106 valence electrons. The molecule has 0 aliphatic carbocycles. The van der Waals surface area contributed by atoms with Gasteiger partial charge < -0.3 is 14.8 Å². The molecule has 0 bridgehead atoms. The number of ether oxygens (including phenoxy) is 2. The molecule has 1 aromatic heterocycles. The molecule has 20 heavy (non-hydrogen) atoms. The summed E-state index contributed by atoms with van der Waals surface area (Å²) in [7, 11) is 1.89. The fourth-order valence-corrected chi connectivity index (χ4v) is 2.53. The summed E-state index contributed by atoms with van der Waals surface area (Å²) >= 11 is 3.56. The number of nitrogens with zero attached hydrogens (tertiary/aromatic N) is 3. The van der Waals surface area contributed by atoms with E-state index in [1.165, 1.54) is 0 Å². The van der Waals surface area contributed by atoms with Crippen molar-refractivity contribution in [1.29, 1.82) is 0 Å². The van der Waals surface area contributed by atoms with Gasteiger partial charge in [0, 0.05) is 11.0 Å². The largest absolute Gasteiger partial charge is 0.486 e. The van der Waals surface area contributed by atoms with Gasteiger partial charge in [-0.15, -0.1) is 5.10 Å². The van der Waals surface area contributed by atoms with Gasteiger partial charge in [0.2, 0.25) is 0 Å². The lowest BCUT2D eigenvalue weighted by atomic mass is 10.2. The number of hydrogen-bond acceptors (Lipinski definition) is 5. The van der Waals surface area contributed by atoms with Gasteiger partial charge in [-0.2, -0.15) is 0 Å². The molecular formula is C13H15BrN4O2. The summed E-state index contributed by atoms with van der Waals surface area (Å²) in [5, 5.41) is 11.3. The van der Waals surface area contributed by atoms with Crippen LogP contribution in [-0.4, -0.2) is 35.3 Å². The summed E-state index contributed by atoms with van der Waals surface area (Å²) in [5.74, 6) is 1.56. The van der Waals surface area contributed by atoms with Crippen molar-refractivity contribution < 1.29 is 9.47 Å². The normalized spacial score (nSPS) is 13.5. The van der Waals surface area contributed by atoms with Crippen molar-refractivity contribution in [2.24, 2.45) is 0 Å². The number of rotatable bonds is 4. The number of halogens is 1. The second kappa shape index (κ2) is 5.80. The second-order valence-electron chi connectivity index (χ2n) is 4.53. The van der Waals surface area contributed by atoms with Crippen LogP contribution in [0.15, 0.2) is 22.8 Å². The Morgan fingerprint density at radius 2 is 2.05 bits per heavy atom. The van der Waals surface area contributed by atoms with Crippen LogP contribution in [0.5, 0.6) is 11.5 Å². The molecule has 6 nitrogen and oxygen atoms in total. The van der Waals surface area contributed by atoms with E-state index in [0.29, 0.717) is 26.3 Å². The summed E-state index contributed by atoms with van der Waals surface area (Å²) in [6.07, 6.45) is 1.93. The highest BCUT2D eigenvalue weighted by Gasteiger charge is 2.15. The maximum Gasteiger partial charge on any atom is 0.162 e. The molecule has 1 aliphatic heterocycles. The number of nitrogens with one attached hydrogen (secondary N) is 1. The molecule has 0 fully saturated rings. The van der Waals surface area contributed by atoms with Crippen molar-refractivity contribution in [3.63, 3.8) is 0 Å². The van der Waals surface area contributed by atoms with Crippen molar-refractivity contribution in [1.82, 2.24) is 20.3 Å². The standard InChI is InChI=1S/C13H15BrN4O2/c1-15-6-10-8-18(17-16-10)7-9-4-12-13(5-11(9)14)20-3-2-19-12/h4-5,8,15H,2-3,6-7H2,1H3. The van der Waals surface area contributed by atoms with Crippen molar-refractivity contribution in [2.75, 3.05) is 20.3 Å². The Kier molecular flexibility index (Phi) is 3.88. The first kappa shape index (κ1) is 13.4. The molecule has 0 atom stereocenters. The Labute approximate surface area is 125 Å². The molecule has 2 heterocycles. The molecule has 0 spiro atoms. The van der Waals surface area contributed by atoms with Gasteiger partial charge in [-0.1, -0.05) is 21.1 Å². The van der Waals surface area contributed by atoms with Crippen LogP contribution in [0.3, 0.4) is 0 Å². The Morgan fingerprint density at radius 1 is 1.30 bits per heavy atom. The third kappa shape index (κ3) is 2.78. The summed E-state index contributed by atoms with van der Waals surface area (Å²) in [4.78, 5) is 0.